The molecule has 1 saturated heterocycles. The highest BCUT2D eigenvalue weighted by Crippen LogP contribution is 2.38. The zero-order valence-corrected chi connectivity index (χ0v) is 18.4. The van der Waals surface area contributed by atoms with Gasteiger partial charge < -0.3 is 9.47 Å². The van der Waals surface area contributed by atoms with E-state index in [1.54, 1.807) is 41.6 Å². The third kappa shape index (κ3) is 3.82. The van der Waals surface area contributed by atoms with Gasteiger partial charge in [-0.25, -0.2) is 8.42 Å². The Kier molecular flexibility index (Phi) is 5.52. The second-order valence-electron chi connectivity index (χ2n) is 8.29. The van der Waals surface area contributed by atoms with E-state index in [9.17, 15) is 13.2 Å². The fourth-order valence-corrected chi connectivity index (χ4v) is 6.36. The molecule has 9 heteroatoms. The van der Waals surface area contributed by atoms with Crippen molar-refractivity contribution in [3.05, 3.63) is 78.4 Å². The summed E-state index contributed by atoms with van der Waals surface area (Å²) in [6.45, 7) is 1.80. The first-order valence-corrected chi connectivity index (χ1v) is 12.3. The molecule has 1 fully saturated rings. The lowest BCUT2D eigenvalue weighted by Gasteiger charge is -2.40. The molecule has 2 aliphatic heterocycles. The lowest BCUT2D eigenvalue weighted by molar-refractivity contribution is -0.138. The van der Waals surface area contributed by atoms with Crippen LogP contribution < -0.4 is 0 Å². The van der Waals surface area contributed by atoms with Crippen molar-refractivity contribution >= 4 is 15.9 Å². The van der Waals surface area contributed by atoms with E-state index < -0.39 is 10.0 Å². The zero-order chi connectivity index (χ0) is 22.1. The highest BCUT2D eigenvalue weighted by molar-refractivity contribution is 7.89. The van der Waals surface area contributed by atoms with Crippen LogP contribution in [0, 0.1) is 5.92 Å². The predicted molar refractivity (Wildman–Crippen MR) is 118 cm³/mol. The van der Waals surface area contributed by atoms with E-state index in [1.165, 1.54) is 4.31 Å². The summed E-state index contributed by atoms with van der Waals surface area (Å²) in [6, 6.07) is 17.8. The fraction of sp³-hybridized carbons (Fsp3) is 0.348. The summed E-state index contributed by atoms with van der Waals surface area (Å²) < 4.78 is 30.7. The maximum atomic E-state index is 13.6. The molecule has 166 valence electrons. The number of carbonyl (C=O) groups excluding carboxylic acids is 1. The number of rotatable bonds is 4. The van der Waals surface area contributed by atoms with Crippen LogP contribution in [0.2, 0.25) is 0 Å². The smallest absolute Gasteiger partial charge is 0.243 e. The molecular formula is C23H25N5O3S. The average molecular weight is 452 g/mol. The summed E-state index contributed by atoms with van der Waals surface area (Å²) >= 11 is 0. The summed E-state index contributed by atoms with van der Waals surface area (Å²) in [4.78, 5) is 15.4. The highest BCUT2D eigenvalue weighted by atomic mass is 32.2. The number of nitrogens with zero attached hydrogens (tertiary/aromatic N) is 5. The molecule has 0 bridgehead atoms. The Hall–Kier alpha value is -3.04. The third-order valence-corrected chi connectivity index (χ3v) is 8.26. The SMILES string of the molecule is O=C([C@@H]1CC[C@H](c2ccccc2)N(S(=O)(=O)c2ccccc2)C1)N1CCn2cnnc2C1. The van der Waals surface area contributed by atoms with Crippen molar-refractivity contribution < 1.29 is 13.2 Å². The monoisotopic (exact) mass is 451 g/mol. The molecule has 2 aliphatic rings. The van der Waals surface area contributed by atoms with Crippen molar-refractivity contribution in [1.82, 2.24) is 24.0 Å². The van der Waals surface area contributed by atoms with E-state index in [0.29, 0.717) is 32.5 Å². The minimum absolute atomic E-state index is 0.0148. The van der Waals surface area contributed by atoms with Gasteiger partial charge in [-0.3, -0.25) is 4.79 Å². The van der Waals surface area contributed by atoms with E-state index in [0.717, 1.165) is 11.4 Å². The Morgan fingerprint density at radius 3 is 2.41 bits per heavy atom. The Balaban J connectivity index is 1.43. The fourth-order valence-electron chi connectivity index (χ4n) is 4.65. The number of benzene rings is 2. The minimum atomic E-state index is -3.76. The van der Waals surface area contributed by atoms with Crippen molar-refractivity contribution in [2.24, 2.45) is 5.92 Å². The largest absolute Gasteiger partial charge is 0.333 e. The molecule has 0 saturated carbocycles. The van der Waals surface area contributed by atoms with E-state index in [4.69, 9.17) is 0 Å². The van der Waals surface area contributed by atoms with Gasteiger partial charge >= 0.3 is 0 Å². The molecule has 0 radical (unpaired) electrons. The number of hydrogen-bond donors (Lipinski definition) is 0. The van der Waals surface area contributed by atoms with Crippen LogP contribution in [-0.4, -0.2) is 51.4 Å². The maximum absolute atomic E-state index is 13.6. The molecule has 8 nitrogen and oxygen atoms in total. The molecular weight excluding hydrogens is 426 g/mol. The van der Waals surface area contributed by atoms with E-state index in [1.807, 2.05) is 34.9 Å². The molecule has 0 N–H and O–H groups in total. The van der Waals surface area contributed by atoms with Gasteiger partial charge in [0.2, 0.25) is 15.9 Å². The van der Waals surface area contributed by atoms with E-state index in [-0.39, 0.29) is 29.3 Å². The number of amides is 1. The van der Waals surface area contributed by atoms with E-state index in [2.05, 4.69) is 10.2 Å². The van der Waals surface area contributed by atoms with Gasteiger partial charge in [-0.15, -0.1) is 10.2 Å². The maximum Gasteiger partial charge on any atom is 0.243 e. The molecule has 5 rings (SSSR count). The van der Waals surface area contributed by atoms with Crippen LogP contribution in [0.25, 0.3) is 0 Å². The van der Waals surface area contributed by atoms with Gasteiger partial charge in [-0.1, -0.05) is 48.5 Å². The molecule has 32 heavy (non-hydrogen) atoms. The van der Waals surface area contributed by atoms with Crippen molar-refractivity contribution in [1.29, 1.82) is 0 Å². The number of carbonyl (C=O) groups is 1. The van der Waals surface area contributed by atoms with Crippen LogP contribution in [0.1, 0.15) is 30.3 Å². The molecule has 2 atom stereocenters. The molecule has 1 amide bonds. The standard InChI is InChI=1S/C23H25N5O3S/c29-23(26-13-14-27-17-24-25-22(27)16-26)19-11-12-21(18-7-3-1-4-8-18)28(15-19)32(30,31)20-9-5-2-6-10-20/h1-10,17,19,21H,11-16H2/t19-,21-/m1/s1. The second-order valence-corrected chi connectivity index (χ2v) is 10.2. The van der Waals surface area contributed by atoms with Crippen LogP contribution in [0.5, 0.6) is 0 Å². The first-order valence-electron chi connectivity index (χ1n) is 10.8. The van der Waals surface area contributed by atoms with Crippen LogP contribution >= 0.6 is 0 Å². The van der Waals surface area contributed by atoms with Gasteiger partial charge in [0, 0.05) is 19.6 Å². The summed E-state index contributed by atoms with van der Waals surface area (Å²) in [5.41, 5.74) is 0.948. The Bertz CT molecular complexity index is 1200. The topological polar surface area (TPSA) is 88.4 Å². The summed E-state index contributed by atoms with van der Waals surface area (Å²) in [5, 5.41) is 8.01. The van der Waals surface area contributed by atoms with Crippen molar-refractivity contribution in [2.45, 2.75) is 36.9 Å². The Labute approximate surface area is 187 Å². The Morgan fingerprint density at radius 2 is 1.66 bits per heavy atom. The van der Waals surface area contributed by atoms with Gasteiger partial charge in [-0.2, -0.15) is 4.31 Å². The van der Waals surface area contributed by atoms with Gasteiger partial charge in [-0.05, 0) is 30.5 Å². The van der Waals surface area contributed by atoms with Crippen molar-refractivity contribution in [2.75, 3.05) is 13.1 Å². The van der Waals surface area contributed by atoms with Crippen LogP contribution in [0.15, 0.2) is 71.9 Å². The zero-order valence-electron chi connectivity index (χ0n) is 17.6. The van der Waals surface area contributed by atoms with Crippen LogP contribution in [-0.2, 0) is 27.9 Å². The number of fused-ring (bicyclic) bond motifs is 1. The number of piperidine rings is 1. The summed E-state index contributed by atoms with van der Waals surface area (Å²) in [5.74, 6) is 0.360. The van der Waals surface area contributed by atoms with Crippen LogP contribution in [0.3, 0.4) is 0 Å². The number of sulfonamides is 1. The minimum Gasteiger partial charge on any atom is -0.333 e. The van der Waals surface area contributed by atoms with E-state index >= 15 is 0 Å². The lowest BCUT2D eigenvalue weighted by Crippen LogP contribution is -2.49. The predicted octanol–water partition coefficient (Wildman–Crippen LogP) is 2.46. The number of aromatic nitrogens is 3. The first-order chi connectivity index (χ1) is 15.5. The summed E-state index contributed by atoms with van der Waals surface area (Å²) in [7, 11) is -3.76. The quantitative estimate of drug-likeness (QED) is 0.608. The molecule has 2 aromatic carbocycles. The molecule has 1 aromatic heterocycles. The summed E-state index contributed by atoms with van der Waals surface area (Å²) in [6.07, 6.45) is 2.91. The molecule has 3 heterocycles. The molecule has 0 aliphatic carbocycles. The first kappa shape index (κ1) is 20.8. The molecule has 0 spiro atoms. The molecule has 3 aromatic rings. The van der Waals surface area contributed by atoms with Gasteiger partial charge in [0.1, 0.15) is 6.33 Å². The van der Waals surface area contributed by atoms with Crippen molar-refractivity contribution in [3.63, 3.8) is 0 Å². The third-order valence-electron chi connectivity index (χ3n) is 6.37. The number of hydrogen-bond acceptors (Lipinski definition) is 5. The van der Waals surface area contributed by atoms with Crippen molar-refractivity contribution in [3.8, 4) is 0 Å². The molecule has 0 unspecified atom stereocenters. The Morgan fingerprint density at radius 1 is 0.938 bits per heavy atom. The average Bonchev–Trinajstić information content (AvgIpc) is 3.32. The van der Waals surface area contributed by atoms with Crippen LogP contribution in [0.4, 0.5) is 0 Å². The van der Waals surface area contributed by atoms with Gasteiger partial charge in [0.25, 0.3) is 0 Å². The normalized spacial score (nSPS) is 21.8. The second kappa shape index (κ2) is 8.48. The highest BCUT2D eigenvalue weighted by Gasteiger charge is 2.41. The van der Waals surface area contributed by atoms with Gasteiger partial charge in [0.15, 0.2) is 5.82 Å². The lowest BCUT2D eigenvalue weighted by atomic mass is 9.90. The van der Waals surface area contributed by atoms with Gasteiger partial charge in [0.05, 0.1) is 23.4 Å².